The number of nitrogens with zero attached hydrogens (tertiary/aromatic N) is 1. The highest BCUT2D eigenvalue weighted by Crippen LogP contribution is 2.35. The molecule has 1 aliphatic rings. The second-order valence-electron chi connectivity index (χ2n) is 3.71. The summed E-state index contributed by atoms with van der Waals surface area (Å²) in [5.74, 6) is 7.36. The first-order valence-electron chi connectivity index (χ1n) is 4.85. The van der Waals surface area contributed by atoms with Crippen LogP contribution in [-0.2, 0) is 0 Å². The van der Waals surface area contributed by atoms with Gasteiger partial charge in [0.25, 0.3) is 0 Å². The van der Waals surface area contributed by atoms with E-state index in [1.807, 2.05) is 6.20 Å². The Morgan fingerprint density at radius 2 is 2.54 bits per heavy atom. The molecule has 13 heavy (non-hydrogen) atoms. The Balaban J connectivity index is 1.85. The molecule has 72 valence electrons. The lowest BCUT2D eigenvalue weighted by molar-refractivity contribution is 0.464. The third-order valence-electron chi connectivity index (χ3n) is 2.61. The zero-order chi connectivity index (χ0) is 9.10. The fourth-order valence-electron chi connectivity index (χ4n) is 1.58. The molecule has 1 fully saturated rings. The predicted molar refractivity (Wildman–Crippen MR) is 50.6 cm³/mol. The third-order valence-corrected chi connectivity index (χ3v) is 2.61. The minimum atomic E-state index is 0.190. The Bertz CT molecular complexity index is 240. The minimum absolute atomic E-state index is 0.190. The third kappa shape index (κ3) is 2.29. The van der Waals surface area contributed by atoms with Crippen molar-refractivity contribution in [3.8, 4) is 0 Å². The Kier molecular flexibility index (Phi) is 2.61. The van der Waals surface area contributed by atoms with Gasteiger partial charge in [0.2, 0.25) is 0 Å². The van der Waals surface area contributed by atoms with Gasteiger partial charge in [-0.05, 0) is 18.8 Å². The predicted octanol–water partition coefficient (Wildman–Crippen LogP) is 1.10. The summed E-state index contributed by atoms with van der Waals surface area (Å²) in [5.41, 5.74) is 2.79. The summed E-state index contributed by atoms with van der Waals surface area (Å²) < 4.78 is 0. The van der Waals surface area contributed by atoms with Gasteiger partial charge in [-0.1, -0.05) is 12.8 Å². The first kappa shape index (κ1) is 8.72. The Morgan fingerprint density at radius 1 is 1.69 bits per heavy atom. The van der Waals surface area contributed by atoms with Crippen molar-refractivity contribution in [2.24, 2.45) is 11.8 Å². The average Bonchev–Trinajstić information content (AvgIpc) is 2.81. The second kappa shape index (κ2) is 3.89. The van der Waals surface area contributed by atoms with Gasteiger partial charge in [0.15, 0.2) is 0 Å². The van der Waals surface area contributed by atoms with Crippen LogP contribution in [0.3, 0.4) is 0 Å². The van der Waals surface area contributed by atoms with E-state index in [0.717, 1.165) is 18.2 Å². The van der Waals surface area contributed by atoms with Crippen molar-refractivity contribution in [1.82, 2.24) is 15.4 Å². The van der Waals surface area contributed by atoms with E-state index in [4.69, 9.17) is 5.84 Å². The zero-order valence-electron chi connectivity index (χ0n) is 7.66. The highest BCUT2D eigenvalue weighted by Gasteiger charge is 2.23. The van der Waals surface area contributed by atoms with E-state index in [2.05, 4.69) is 15.4 Å². The van der Waals surface area contributed by atoms with Gasteiger partial charge >= 0.3 is 0 Å². The topological polar surface area (TPSA) is 66.7 Å². The maximum Gasteiger partial charge on any atom is 0.124 e. The van der Waals surface area contributed by atoms with E-state index in [1.54, 1.807) is 6.20 Å². The van der Waals surface area contributed by atoms with Crippen LogP contribution in [0.4, 0.5) is 0 Å². The highest BCUT2D eigenvalue weighted by molar-refractivity contribution is 4.95. The van der Waals surface area contributed by atoms with Crippen LogP contribution < -0.4 is 11.3 Å². The van der Waals surface area contributed by atoms with Gasteiger partial charge < -0.3 is 4.98 Å². The summed E-state index contributed by atoms with van der Waals surface area (Å²) >= 11 is 0. The van der Waals surface area contributed by atoms with Crippen LogP contribution in [-0.4, -0.2) is 9.97 Å². The molecule has 1 aliphatic carbocycles. The lowest BCUT2D eigenvalue weighted by atomic mass is 10.1. The van der Waals surface area contributed by atoms with Gasteiger partial charge in [-0.3, -0.25) is 5.84 Å². The molecule has 1 atom stereocenters. The summed E-state index contributed by atoms with van der Waals surface area (Å²) in [5, 5.41) is 0. The summed E-state index contributed by atoms with van der Waals surface area (Å²) in [4.78, 5) is 7.27. The molecule has 1 aromatic heterocycles. The average molecular weight is 180 g/mol. The Morgan fingerprint density at radius 3 is 3.08 bits per heavy atom. The largest absolute Gasteiger partial charge is 0.347 e. The van der Waals surface area contributed by atoms with Gasteiger partial charge in [0.1, 0.15) is 5.82 Å². The Hall–Kier alpha value is -0.870. The minimum Gasteiger partial charge on any atom is -0.347 e. The van der Waals surface area contributed by atoms with E-state index >= 15 is 0 Å². The fraction of sp³-hybridized carbons (Fsp3) is 0.667. The fourth-order valence-corrected chi connectivity index (χ4v) is 1.58. The molecule has 0 amide bonds. The quantitative estimate of drug-likeness (QED) is 0.469. The van der Waals surface area contributed by atoms with Crippen molar-refractivity contribution in [3.05, 3.63) is 18.2 Å². The van der Waals surface area contributed by atoms with E-state index in [9.17, 15) is 0 Å². The number of imidazole rings is 1. The number of hydrogen-bond donors (Lipinski definition) is 3. The molecular formula is C9H16N4. The van der Waals surface area contributed by atoms with Crippen LogP contribution in [0.15, 0.2) is 12.4 Å². The van der Waals surface area contributed by atoms with Gasteiger partial charge in [0.05, 0.1) is 6.04 Å². The van der Waals surface area contributed by atoms with Crippen molar-refractivity contribution in [2.45, 2.75) is 31.7 Å². The number of nitrogens with two attached hydrogens (primary N) is 1. The molecule has 0 radical (unpaired) electrons. The number of H-pyrrole nitrogens is 1. The number of aromatic nitrogens is 2. The molecule has 0 aliphatic heterocycles. The molecule has 0 saturated heterocycles. The number of hydrogen-bond acceptors (Lipinski definition) is 3. The zero-order valence-corrected chi connectivity index (χ0v) is 7.66. The van der Waals surface area contributed by atoms with Gasteiger partial charge in [-0.2, -0.15) is 0 Å². The van der Waals surface area contributed by atoms with Gasteiger partial charge in [-0.25, -0.2) is 10.4 Å². The smallest absolute Gasteiger partial charge is 0.124 e. The standard InChI is InChI=1S/C9H16N4/c10-13-8(4-3-7-1-2-7)9-11-5-6-12-9/h5-8,13H,1-4,10H2,(H,11,12). The molecule has 0 spiro atoms. The normalized spacial score (nSPS) is 18.8. The molecule has 0 aromatic carbocycles. The van der Waals surface area contributed by atoms with Crippen LogP contribution >= 0.6 is 0 Å². The van der Waals surface area contributed by atoms with Crippen LogP contribution in [0.25, 0.3) is 0 Å². The van der Waals surface area contributed by atoms with Crippen LogP contribution in [0.2, 0.25) is 0 Å². The first-order valence-corrected chi connectivity index (χ1v) is 4.85. The summed E-state index contributed by atoms with van der Waals surface area (Å²) in [6.07, 6.45) is 8.72. The van der Waals surface area contributed by atoms with Crippen LogP contribution in [0.1, 0.15) is 37.5 Å². The number of aromatic amines is 1. The molecule has 4 nitrogen and oxygen atoms in total. The Labute approximate surface area is 77.9 Å². The molecule has 1 unspecified atom stereocenters. The first-order chi connectivity index (χ1) is 6.40. The lowest BCUT2D eigenvalue weighted by Gasteiger charge is -2.12. The van der Waals surface area contributed by atoms with Crippen molar-refractivity contribution >= 4 is 0 Å². The molecule has 0 bridgehead atoms. The van der Waals surface area contributed by atoms with Crippen molar-refractivity contribution < 1.29 is 0 Å². The molecule has 1 saturated carbocycles. The van der Waals surface area contributed by atoms with Crippen molar-refractivity contribution in [3.63, 3.8) is 0 Å². The lowest BCUT2D eigenvalue weighted by Crippen LogP contribution is -2.28. The van der Waals surface area contributed by atoms with Crippen molar-refractivity contribution in [2.75, 3.05) is 0 Å². The summed E-state index contributed by atoms with van der Waals surface area (Å²) in [6, 6.07) is 0.190. The van der Waals surface area contributed by atoms with E-state index in [-0.39, 0.29) is 6.04 Å². The molecule has 2 rings (SSSR count). The number of rotatable bonds is 5. The molecular weight excluding hydrogens is 164 g/mol. The number of hydrazine groups is 1. The molecule has 4 N–H and O–H groups in total. The maximum atomic E-state index is 5.46. The van der Waals surface area contributed by atoms with Crippen molar-refractivity contribution in [1.29, 1.82) is 0 Å². The molecule has 1 aromatic rings. The van der Waals surface area contributed by atoms with Crippen LogP contribution in [0, 0.1) is 5.92 Å². The highest BCUT2D eigenvalue weighted by atomic mass is 15.2. The maximum absolute atomic E-state index is 5.46. The summed E-state index contributed by atoms with van der Waals surface area (Å²) in [7, 11) is 0. The second-order valence-corrected chi connectivity index (χ2v) is 3.71. The van der Waals surface area contributed by atoms with Gasteiger partial charge in [-0.15, -0.1) is 0 Å². The van der Waals surface area contributed by atoms with E-state index in [1.165, 1.54) is 19.3 Å². The monoisotopic (exact) mass is 180 g/mol. The number of nitrogens with one attached hydrogen (secondary N) is 2. The molecule has 4 heteroatoms. The van der Waals surface area contributed by atoms with Gasteiger partial charge in [0, 0.05) is 12.4 Å². The summed E-state index contributed by atoms with van der Waals surface area (Å²) in [6.45, 7) is 0. The van der Waals surface area contributed by atoms with E-state index < -0.39 is 0 Å². The molecule has 1 heterocycles. The SMILES string of the molecule is NNC(CCC1CC1)c1ncc[nH]1. The van der Waals surface area contributed by atoms with E-state index in [0.29, 0.717) is 0 Å². The van der Waals surface area contributed by atoms with Crippen LogP contribution in [0.5, 0.6) is 0 Å².